The van der Waals surface area contributed by atoms with Crippen molar-refractivity contribution in [3.8, 4) is 11.5 Å². The van der Waals surface area contributed by atoms with Crippen molar-refractivity contribution in [1.82, 2.24) is 0 Å². The molecule has 1 rings (SSSR count). The van der Waals surface area contributed by atoms with Gasteiger partial charge in [0.2, 0.25) is 0 Å². The van der Waals surface area contributed by atoms with Crippen LogP contribution in [0.4, 0.5) is 0 Å². The molecule has 0 bridgehead atoms. The minimum atomic E-state index is -0.101. The average molecular weight is 285 g/mol. The Bertz CT molecular complexity index is 292. The standard InChI is InChI=1S/C8H9O2.C3H7.BrH.Mg/c1-9-7-5-3-4-6-8(7)10-2;1-3-2;;/h3,5-6H,1-2H3;1,3H2,2H3;1H;. The smallest absolute Gasteiger partial charge is 0.408 e. The summed E-state index contributed by atoms with van der Waals surface area (Å²) >= 11 is -0.101. The number of benzene rings is 1. The van der Waals surface area contributed by atoms with Crippen LogP contribution in [0.5, 0.6) is 11.5 Å². The second-order valence-electron chi connectivity index (χ2n) is 3.29. The molecule has 0 heterocycles. The van der Waals surface area contributed by atoms with Gasteiger partial charge >= 0.3 is 20.4 Å². The normalized spacial score (nSPS) is 8.73. The summed E-state index contributed by atoms with van der Waals surface area (Å²) in [5.41, 5.74) is 0. The summed E-state index contributed by atoms with van der Waals surface area (Å²) < 4.78 is 13.2. The maximum absolute atomic E-state index is 5.25. The van der Waals surface area contributed by atoms with Gasteiger partial charge in [-0.1, -0.05) is 19.4 Å². The SMILES string of the molecule is Br.CC[CH2][Mg][c]1ccc(OC)c(OC)c1. The number of ether oxygens (including phenoxy) is 2. The summed E-state index contributed by atoms with van der Waals surface area (Å²) in [7, 11) is 3.35. The Morgan fingerprint density at radius 2 is 1.80 bits per heavy atom. The van der Waals surface area contributed by atoms with Gasteiger partial charge in [-0.3, -0.25) is 0 Å². The topological polar surface area (TPSA) is 18.5 Å². The summed E-state index contributed by atoms with van der Waals surface area (Å²) in [6.07, 6.45) is 1.28. The van der Waals surface area contributed by atoms with Crippen LogP contribution in [0, 0.1) is 0 Å². The molecule has 0 radical (unpaired) electrons. The fraction of sp³-hybridized carbons (Fsp3) is 0.455. The Balaban J connectivity index is 0.00000196. The van der Waals surface area contributed by atoms with Gasteiger partial charge in [-0.2, -0.15) is 3.69 Å². The summed E-state index contributed by atoms with van der Waals surface area (Å²) in [5.74, 6) is 1.68. The van der Waals surface area contributed by atoms with Crippen LogP contribution in [-0.2, 0) is 0 Å². The zero-order valence-corrected chi connectivity index (χ0v) is 12.7. The molecule has 0 aliphatic rings. The Hall–Kier alpha value is 0.0662. The lowest BCUT2D eigenvalue weighted by Crippen LogP contribution is -2.13. The van der Waals surface area contributed by atoms with Gasteiger partial charge in [0.25, 0.3) is 0 Å². The van der Waals surface area contributed by atoms with Crippen LogP contribution in [0.2, 0.25) is 4.55 Å². The highest BCUT2D eigenvalue weighted by molar-refractivity contribution is 8.93. The predicted octanol–water partition coefficient (Wildman–Crippen LogP) is 2.44. The Morgan fingerprint density at radius 3 is 2.33 bits per heavy atom. The molecule has 0 fully saturated rings. The molecule has 1 aromatic rings. The van der Waals surface area contributed by atoms with E-state index in [9.17, 15) is 0 Å². The molecule has 2 nitrogen and oxygen atoms in total. The van der Waals surface area contributed by atoms with Crippen LogP contribution in [0.1, 0.15) is 13.3 Å². The minimum absolute atomic E-state index is 0. The van der Waals surface area contributed by atoms with Crippen LogP contribution < -0.4 is 13.2 Å². The van der Waals surface area contributed by atoms with E-state index < -0.39 is 0 Å². The van der Waals surface area contributed by atoms with Crippen molar-refractivity contribution in [2.75, 3.05) is 14.2 Å². The quantitative estimate of drug-likeness (QED) is 0.774. The van der Waals surface area contributed by atoms with E-state index >= 15 is 0 Å². The molecule has 0 aliphatic carbocycles. The summed E-state index contributed by atoms with van der Waals surface area (Å²) in [6, 6.07) is 6.26. The minimum Gasteiger partial charge on any atom is -0.493 e. The molecule has 1 aromatic carbocycles. The zero-order chi connectivity index (χ0) is 10.4. The van der Waals surface area contributed by atoms with E-state index in [2.05, 4.69) is 19.1 Å². The van der Waals surface area contributed by atoms with Crippen LogP contribution in [-0.4, -0.2) is 34.6 Å². The fourth-order valence-corrected chi connectivity index (χ4v) is 2.79. The molecule has 15 heavy (non-hydrogen) atoms. The first-order valence-corrected chi connectivity index (χ1v) is 6.73. The van der Waals surface area contributed by atoms with E-state index in [-0.39, 0.29) is 37.3 Å². The molecule has 4 heteroatoms. The molecular weight excluding hydrogens is 268 g/mol. The first-order valence-electron chi connectivity index (χ1n) is 5.02. The van der Waals surface area contributed by atoms with Crippen molar-refractivity contribution in [3.63, 3.8) is 0 Å². The Kier molecular flexibility index (Phi) is 8.28. The molecule has 0 saturated carbocycles. The van der Waals surface area contributed by atoms with E-state index in [0.717, 1.165) is 11.5 Å². The number of hydrogen-bond acceptors (Lipinski definition) is 2. The van der Waals surface area contributed by atoms with Gasteiger partial charge in [-0.25, -0.2) is 0 Å². The zero-order valence-electron chi connectivity index (χ0n) is 9.58. The average Bonchev–Trinajstić information content (AvgIpc) is 2.25. The predicted molar refractivity (Wildman–Crippen MR) is 70.4 cm³/mol. The highest BCUT2D eigenvalue weighted by Gasteiger charge is 2.05. The van der Waals surface area contributed by atoms with Crippen molar-refractivity contribution < 1.29 is 9.47 Å². The van der Waals surface area contributed by atoms with E-state index in [1.54, 1.807) is 14.2 Å². The van der Waals surface area contributed by atoms with Crippen molar-refractivity contribution in [2.24, 2.45) is 0 Å². The molecule has 0 aromatic heterocycles. The van der Waals surface area contributed by atoms with Gasteiger partial charge in [0.1, 0.15) is 0 Å². The third-order valence-electron chi connectivity index (χ3n) is 2.27. The van der Waals surface area contributed by atoms with Gasteiger partial charge in [-0.05, 0) is 12.1 Å². The van der Waals surface area contributed by atoms with Crippen molar-refractivity contribution >= 4 is 41.0 Å². The lowest BCUT2D eigenvalue weighted by Gasteiger charge is -2.09. The largest absolute Gasteiger partial charge is 0.493 e. The molecule has 0 spiro atoms. The van der Waals surface area contributed by atoms with Gasteiger partial charge < -0.3 is 9.47 Å². The fourth-order valence-electron chi connectivity index (χ4n) is 1.42. The monoisotopic (exact) mass is 284 g/mol. The van der Waals surface area contributed by atoms with E-state index in [1.165, 1.54) is 14.7 Å². The summed E-state index contributed by atoms with van der Waals surface area (Å²) in [5, 5.41) is 0. The second kappa shape index (κ2) is 8.25. The van der Waals surface area contributed by atoms with Crippen molar-refractivity contribution in [2.45, 2.75) is 17.9 Å². The summed E-state index contributed by atoms with van der Waals surface area (Å²) in [4.78, 5) is 0. The lowest BCUT2D eigenvalue weighted by atomic mass is 10.3. The van der Waals surface area contributed by atoms with Crippen LogP contribution >= 0.6 is 17.0 Å². The second-order valence-corrected chi connectivity index (χ2v) is 5.32. The maximum atomic E-state index is 5.25. The molecule has 0 atom stereocenters. The van der Waals surface area contributed by atoms with E-state index in [4.69, 9.17) is 9.47 Å². The molecule has 0 N–H and O–H groups in total. The van der Waals surface area contributed by atoms with Gasteiger partial charge in [0.15, 0.2) is 11.5 Å². The molecular formula is C11H17BrMgO2. The Morgan fingerprint density at radius 1 is 1.13 bits per heavy atom. The Labute approximate surface area is 112 Å². The molecule has 0 saturated heterocycles. The van der Waals surface area contributed by atoms with Gasteiger partial charge in [0.05, 0.1) is 14.2 Å². The van der Waals surface area contributed by atoms with Crippen LogP contribution in [0.25, 0.3) is 0 Å². The number of rotatable bonds is 5. The van der Waals surface area contributed by atoms with Crippen LogP contribution in [0.3, 0.4) is 0 Å². The summed E-state index contributed by atoms with van der Waals surface area (Å²) in [6.45, 7) is 2.23. The number of methoxy groups -OCH3 is 2. The first-order chi connectivity index (χ1) is 6.81. The van der Waals surface area contributed by atoms with Crippen LogP contribution in [0.15, 0.2) is 18.2 Å². The van der Waals surface area contributed by atoms with E-state index in [0.29, 0.717) is 0 Å². The molecule has 82 valence electrons. The number of halogens is 1. The highest BCUT2D eigenvalue weighted by atomic mass is 79.9. The molecule has 0 unspecified atom stereocenters. The number of hydrogen-bond donors (Lipinski definition) is 0. The van der Waals surface area contributed by atoms with Crippen molar-refractivity contribution in [3.05, 3.63) is 18.2 Å². The van der Waals surface area contributed by atoms with Gasteiger partial charge in [0, 0.05) is 0 Å². The lowest BCUT2D eigenvalue weighted by molar-refractivity contribution is 0.355. The van der Waals surface area contributed by atoms with Gasteiger partial charge in [-0.15, -0.1) is 21.5 Å². The molecule has 0 amide bonds. The first kappa shape index (κ1) is 15.1. The maximum Gasteiger partial charge on any atom is 0.408 e. The van der Waals surface area contributed by atoms with Crippen molar-refractivity contribution in [1.29, 1.82) is 0 Å². The highest BCUT2D eigenvalue weighted by Crippen LogP contribution is 2.24. The molecule has 0 aliphatic heterocycles. The third kappa shape index (κ3) is 4.61. The third-order valence-corrected chi connectivity index (χ3v) is 4.34. The van der Waals surface area contributed by atoms with E-state index in [1.807, 2.05) is 6.07 Å².